The molecule has 0 radical (unpaired) electrons. The first-order valence-electron chi connectivity index (χ1n) is 33.2. The number of unbranched alkanes of at least 4 members (excludes halogenated alkanes) is 33. The number of esters is 1. The van der Waals surface area contributed by atoms with Gasteiger partial charge in [0.1, 0.15) is 24.4 Å². The maximum absolute atomic E-state index is 13.0. The minimum atomic E-state index is -1.58. The van der Waals surface area contributed by atoms with Crippen LogP contribution in [0.15, 0.2) is 72.9 Å². The maximum atomic E-state index is 13.0. The zero-order valence-corrected chi connectivity index (χ0v) is 51.3. The summed E-state index contributed by atoms with van der Waals surface area (Å²) in [6.45, 7) is 4.18. The van der Waals surface area contributed by atoms with Crippen LogP contribution in [0.5, 0.6) is 0 Å². The van der Waals surface area contributed by atoms with E-state index in [1.165, 1.54) is 161 Å². The van der Waals surface area contributed by atoms with Crippen molar-refractivity contribution in [2.75, 3.05) is 19.8 Å². The number of aliphatic hydroxyl groups excluding tert-OH is 5. The van der Waals surface area contributed by atoms with Gasteiger partial charge < -0.3 is 45.1 Å². The second-order valence-electron chi connectivity index (χ2n) is 22.8. The number of rotatable bonds is 57. The fourth-order valence-electron chi connectivity index (χ4n) is 10.0. The Hall–Kier alpha value is -2.90. The summed E-state index contributed by atoms with van der Waals surface area (Å²) in [7, 11) is 0. The summed E-state index contributed by atoms with van der Waals surface area (Å²) in [6.07, 6.45) is 67.5. The van der Waals surface area contributed by atoms with Gasteiger partial charge in [-0.2, -0.15) is 0 Å². The Morgan fingerprint density at radius 1 is 0.475 bits per heavy atom. The average molecular weight is 1130 g/mol. The highest BCUT2D eigenvalue weighted by Crippen LogP contribution is 2.23. The molecule has 0 saturated carbocycles. The number of allylic oxidation sites excluding steroid dienone is 11. The molecule has 464 valence electrons. The molecule has 11 heteroatoms. The van der Waals surface area contributed by atoms with Gasteiger partial charge in [-0.05, 0) is 109 Å². The Labute approximate surface area is 490 Å². The SMILES string of the molecule is CC/C=C/CC/C=C/CC/C=C/C(O)C(COC1OC(CO)C(O)C(O)C1O)NC(=O)CCCCCCCCC/C=C\C/C=C\CCCCCCCCCCCOC(=O)CCCCCCCCCCC/C=C\CCCCCCCC. The third kappa shape index (κ3) is 46.6. The minimum absolute atomic E-state index is 0.00660. The third-order valence-electron chi connectivity index (χ3n) is 15.3. The lowest BCUT2D eigenvalue weighted by Gasteiger charge is -2.40. The molecule has 7 atom stereocenters. The third-order valence-corrected chi connectivity index (χ3v) is 15.3. The van der Waals surface area contributed by atoms with E-state index >= 15 is 0 Å². The molecule has 0 aliphatic carbocycles. The van der Waals surface area contributed by atoms with Gasteiger partial charge in [0, 0.05) is 12.8 Å². The lowest BCUT2D eigenvalue weighted by atomic mass is 9.99. The number of amides is 1. The molecule has 11 nitrogen and oxygen atoms in total. The standard InChI is InChI=1S/C69H123NO10/c1-3-5-7-9-11-13-15-16-17-18-24-28-31-34-37-41-45-49-53-57-65(74)78-58-54-50-46-42-38-35-32-29-26-23-21-19-20-22-25-27-30-33-36-40-44-48-52-56-64(73)70-61(60-79-69-68(77)67(76)66(75)63(59-71)80-69)62(72)55-51-47-43-39-14-12-10-8-6-4-2/h6,8,14,16-17,19,21-22,25,39,51,55,61-63,66-69,71-72,75-77H,3-5,7,9-13,15,18,20,23-24,26-38,40-50,52-54,56-60H2,1-2H3,(H,70,73)/b8-6+,17-16-,21-19-,25-22-,39-14+,55-51+. The van der Waals surface area contributed by atoms with Crippen molar-refractivity contribution in [1.82, 2.24) is 5.32 Å². The van der Waals surface area contributed by atoms with E-state index in [1.807, 2.05) is 6.08 Å². The minimum Gasteiger partial charge on any atom is -0.466 e. The summed E-state index contributed by atoms with van der Waals surface area (Å²) in [5.74, 6) is -0.217. The molecule has 0 bridgehead atoms. The fraction of sp³-hybridized carbons (Fsp3) is 0.797. The van der Waals surface area contributed by atoms with E-state index in [1.54, 1.807) is 6.08 Å². The van der Waals surface area contributed by atoms with E-state index in [0.29, 0.717) is 25.9 Å². The molecule has 80 heavy (non-hydrogen) atoms. The first-order valence-corrected chi connectivity index (χ1v) is 33.2. The Balaban J connectivity index is 1.99. The van der Waals surface area contributed by atoms with E-state index in [0.717, 1.165) is 96.3 Å². The second-order valence-corrected chi connectivity index (χ2v) is 22.8. The summed E-state index contributed by atoms with van der Waals surface area (Å²) in [6, 6.07) is -0.843. The number of hydrogen-bond donors (Lipinski definition) is 6. The van der Waals surface area contributed by atoms with Crippen LogP contribution in [0.3, 0.4) is 0 Å². The molecule has 1 aliphatic heterocycles. The summed E-state index contributed by atoms with van der Waals surface area (Å²) < 4.78 is 16.7. The predicted molar refractivity (Wildman–Crippen MR) is 333 cm³/mol. The van der Waals surface area contributed by atoms with E-state index in [4.69, 9.17) is 14.2 Å². The number of carbonyl (C=O) groups is 2. The predicted octanol–water partition coefficient (Wildman–Crippen LogP) is 16.3. The van der Waals surface area contributed by atoms with Gasteiger partial charge in [0.25, 0.3) is 0 Å². The monoisotopic (exact) mass is 1130 g/mol. The van der Waals surface area contributed by atoms with E-state index in [9.17, 15) is 35.1 Å². The van der Waals surface area contributed by atoms with Crippen molar-refractivity contribution < 1.29 is 49.3 Å². The van der Waals surface area contributed by atoms with Gasteiger partial charge in [0.15, 0.2) is 6.29 Å². The summed E-state index contributed by atoms with van der Waals surface area (Å²) in [5.41, 5.74) is 0. The van der Waals surface area contributed by atoms with Crippen LogP contribution >= 0.6 is 0 Å². The molecule has 1 rings (SSSR count). The van der Waals surface area contributed by atoms with Crippen LogP contribution in [0.1, 0.15) is 290 Å². The quantitative estimate of drug-likeness (QED) is 0.0195. The summed E-state index contributed by atoms with van der Waals surface area (Å²) in [5, 5.41) is 54.2. The molecule has 1 amide bonds. The Bertz CT molecular complexity index is 1560. The van der Waals surface area contributed by atoms with Gasteiger partial charge in [-0.3, -0.25) is 9.59 Å². The molecule has 6 N–H and O–H groups in total. The molecular weight excluding hydrogens is 1000 g/mol. The van der Waals surface area contributed by atoms with Crippen LogP contribution in [0.2, 0.25) is 0 Å². The molecular formula is C69H123NO10. The largest absolute Gasteiger partial charge is 0.466 e. The highest BCUT2D eigenvalue weighted by Gasteiger charge is 2.44. The normalized spacial score (nSPS) is 18.8. The second kappa shape index (κ2) is 57.9. The van der Waals surface area contributed by atoms with Crippen LogP contribution in [0.4, 0.5) is 0 Å². The van der Waals surface area contributed by atoms with Crippen LogP contribution < -0.4 is 5.32 Å². The van der Waals surface area contributed by atoms with Crippen LogP contribution in [-0.4, -0.2) is 100 Å². The first-order chi connectivity index (χ1) is 39.2. The Morgan fingerprint density at radius 2 is 0.887 bits per heavy atom. The molecule has 0 aromatic heterocycles. The van der Waals surface area contributed by atoms with Crippen molar-refractivity contribution in [1.29, 1.82) is 0 Å². The zero-order chi connectivity index (χ0) is 58.0. The smallest absolute Gasteiger partial charge is 0.305 e. The topological polar surface area (TPSA) is 175 Å². The van der Waals surface area contributed by atoms with Crippen molar-refractivity contribution in [2.45, 2.75) is 333 Å². The van der Waals surface area contributed by atoms with E-state index in [2.05, 4.69) is 79.9 Å². The highest BCUT2D eigenvalue weighted by molar-refractivity contribution is 5.76. The number of carbonyl (C=O) groups excluding carboxylic acids is 2. The molecule has 1 heterocycles. The molecule has 7 unspecified atom stereocenters. The van der Waals surface area contributed by atoms with Crippen molar-refractivity contribution in [2.24, 2.45) is 0 Å². The zero-order valence-electron chi connectivity index (χ0n) is 51.3. The van der Waals surface area contributed by atoms with Crippen molar-refractivity contribution in [3.8, 4) is 0 Å². The molecule has 1 fully saturated rings. The Kier molecular flexibility index (Phi) is 54.4. The molecule has 0 aromatic carbocycles. The van der Waals surface area contributed by atoms with Gasteiger partial charge in [0.2, 0.25) is 5.91 Å². The van der Waals surface area contributed by atoms with Crippen molar-refractivity contribution in [3.05, 3.63) is 72.9 Å². The van der Waals surface area contributed by atoms with E-state index in [-0.39, 0.29) is 18.5 Å². The molecule has 0 spiro atoms. The van der Waals surface area contributed by atoms with Gasteiger partial charge in [-0.25, -0.2) is 0 Å². The fourth-order valence-corrected chi connectivity index (χ4v) is 10.0. The lowest BCUT2D eigenvalue weighted by Crippen LogP contribution is -2.60. The number of ether oxygens (including phenoxy) is 3. The van der Waals surface area contributed by atoms with Crippen LogP contribution in [0.25, 0.3) is 0 Å². The van der Waals surface area contributed by atoms with Gasteiger partial charge in [-0.15, -0.1) is 0 Å². The van der Waals surface area contributed by atoms with Crippen molar-refractivity contribution >= 4 is 11.9 Å². The molecule has 0 aromatic rings. The highest BCUT2D eigenvalue weighted by atomic mass is 16.7. The van der Waals surface area contributed by atoms with Gasteiger partial charge in [0.05, 0.1) is 32.0 Å². The number of aliphatic hydroxyl groups is 5. The first kappa shape index (κ1) is 75.1. The van der Waals surface area contributed by atoms with Gasteiger partial charge >= 0.3 is 5.97 Å². The van der Waals surface area contributed by atoms with Gasteiger partial charge in [-0.1, -0.05) is 241 Å². The molecule has 1 saturated heterocycles. The average Bonchev–Trinajstić information content (AvgIpc) is 3.47. The summed E-state index contributed by atoms with van der Waals surface area (Å²) in [4.78, 5) is 25.1. The van der Waals surface area contributed by atoms with Crippen LogP contribution in [-0.2, 0) is 23.8 Å². The summed E-state index contributed by atoms with van der Waals surface area (Å²) >= 11 is 0. The lowest BCUT2D eigenvalue weighted by molar-refractivity contribution is -0.302. The van der Waals surface area contributed by atoms with Crippen molar-refractivity contribution in [3.63, 3.8) is 0 Å². The van der Waals surface area contributed by atoms with Crippen LogP contribution in [0, 0.1) is 0 Å². The maximum Gasteiger partial charge on any atom is 0.305 e. The molecule has 1 aliphatic rings. The Morgan fingerprint density at radius 3 is 1.38 bits per heavy atom. The number of nitrogens with one attached hydrogen (secondary N) is 1. The van der Waals surface area contributed by atoms with E-state index < -0.39 is 49.5 Å². The number of hydrogen-bond acceptors (Lipinski definition) is 10.